The molecule has 0 aromatic heterocycles. The lowest BCUT2D eigenvalue weighted by atomic mass is 10.1. The SMILES string of the molecule is O=C(Cc1ccccc1)N1CCOC(c2ccc(Cl)c(Cl)c2)C1. The van der Waals surface area contributed by atoms with Crippen molar-refractivity contribution < 1.29 is 9.53 Å². The minimum atomic E-state index is -0.168. The van der Waals surface area contributed by atoms with E-state index in [1.165, 1.54) is 0 Å². The van der Waals surface area contributed by atoms with Crippen LogP contribution >= 0.6 is 23.2 Å². The Kier molecular flexibility index (Phi) is 5.21. The lowest BCUT2D eigenvalue weighted by molar-refractivity contribution is -0.138. The summed E-state index contributed by atoms with van der Waals surface area (Å²) in [5.41, 5.74) is 1.96. The van der Waals surface area contributed by atoms with Gasteiger partial charge < -0.3 is 9.64 Å². The van der Waals surface area contributed by atoms with Crippen LogP contribution in [0.15, 0.2) is 48.5 Å². The van der Waals surface area contributed by atoms with Crippen LogP contribution in [-0.4, -0.2) is 30.5 Å². The second-order valence-electron chi connectivity index (χ2n) is 5.54. The highest BCUT2D eigenvalue weighted by atomic mass is 35.5. The fourth-order valence-electron chi connectivity index (χ4n) is 2.67. The van der Waals surface area contributed by atoms with Crippen molar-refractivity contribution in [2.45, 2.75) is 12.5 Å². The van der Waals surface area contributed by atoms with Gasteiger partial charge in [0.15, 0.2) is 0 Å². The standard InChI is InChI=1S/C18H17Cl2NO2/c19-15-7-6-14(11-16(15)20)17-12-21(8-9-23-17)18(22)10-13-4-2-1-3-5-13/h1-7,11,17H,8-10,12H2. The minimum Gasteiger partial charge on any atom is -0.370 e. The van der Waals surface area contributed by atoms with E-state index < -0.39 is 0 Å². The first-order valence-electron chi connectivity index (χ1n) is 7.52. The molecule has 2 aromatic carbocycles. The maximum atomic E-state index is 12.5. The summed E-state index contributed by atoms with van der Waals surface area (Å²) in [7, 11) is 0. The molecule has 1 saturated heterocycles. The predicted octanol–water partition coefficient (Wildman–Crippen LogP) is 4.14. The summed E-state index contributed by atoms with van der Waals surface area (Å²) in [6.45, 7) is 1.67. The van der Waals surface area contributed by atoms with E-state index in [4.69, 9.17) is 27.9 Å². The summed E-state index contributed by atoms with van der Waals surface area (Å²) >= 11 is 12.0. The highest BCUT2D eigenvalue weighted by molar-refractivity contribution is 6.42. The molecule has 1 heterocycles. The molecule has 120 valence electrons. The summed E-state index contributed by atoms with van der Waals surface area (Å²) < 4.78 is 5.79. The number of carbonyl (C=O) groups is 1. The molecule has 3 nitrogen and oxygen atoms in total. The molecule has 0 saturated carbocycles. The summed E-state index contributed by atoms with van der Waals surface area (Å²) in [5, 5.41) is 1.02. The number of benzene rings is 2. The molecule has 23 heavy (non-hydrogen) atoms. The van der Waals surface area contributed by atoms with Gasteiger partial charge in [0.25, 0.3) is 0 Å². The Morgan fingerprint density at radius 2 is 1.91 bits per heavy atom. The Morgan fingerprint density at radius 1 is 1.13 bits per heavy atom. The molecule has 0 spiro atoms. The molecule has 1 fully saturated rings. The summed E-state index contributed by atoms with van der Waals surface area (Å²) in [6.07, 6.45) is 0.243. The van der Waals surface area contributed by atoms with Gasteiger partial charge >= 0.3 is 0 Å². The fraction of sp³-hybridized carbons (Fsp3) is 0.278. The van der Waals surface area contributed by atoms with Gasteiger partial charge in [-0.3, -0.25) is 4.79 Å². The van der Waals surface area contributed by atoms with Crippen molar-refractivity contribution in [1.82, 2.24) is 4.90 Å². The number of hydrogen-bond acceptors (Lipinski definition) is 2. The van der Waals surface area contributed by atoms with E-state index in [0.717, 1.165) is 11.1 Å². The largest absolute Gasteiger partial charge is 0.370 e. The van der Waals surface area contributed by atoms with Gasteiger partial charge in [-0.15, -0.1) is 0 Å². The van der Waals surface area contributed by atoms with Crippen molar-refractivity contribution in [3.05, 3.63) is 69.7 Å². The Bertz CT molecular complexity index is 691. The quantitative estimate of drug-likeness (QED) is 0.833. The first-order valence-corrected chi connectivity index (χ1v) is 8.27. The van der Waals surface area contributed by atoms with E-state index in [1.807, 2.05) is 41.3 Å². The van der Waals surface area contributed by atoms with Crippen LogP contribution in [0.3, 0.4) is 0 Å². The van der Waals surface area contributed by atoms with E-state index in [1.54, 1.807) is 12.1 Å². The zero-order chi connectivity index (χ0) is 16.2. The third-order valence-corrected chi connectivity index (χ3v) is 4.67. The van der Waals surface area contributed by atoms with E-state index >= 15 is 0 Å². The summed E-state index contributed by atoms with van der Waals surface area (Å²) in [4.78, 5) is 14.3. The van der Waals surface area contributed by atoms with Crippen LogP contribution in [0.5, 0.6) is 0 Å². The van der Waals surface area contributed by atoms with E-state index in [9.17, 15) is 4.79 Å². The number of carbonyl (C=O) groups excluding carboxylic acids is 1. The van der Waals surface area contributed by atoms with Crippen LogP contribution in [0, 0.1) is 0 Å². The van der Waals surface area contributed by atoms with E-state index in [-0.39, 0.29) is 12.0 Å². The van der Waals surface area contributed by atoms with Gasteiger partial charge in [0.05, 0.1) is 29.6 Å². The highest BCUT2D eigenvalue weighted by Gasteiger charge is 2.25. The van der Waals surface area contributed by atoms with Crippen molar-refractivity contribution in [1.29, 1.82) is 0 Å². The van der Waals surface area contributed by atoms with Crippen LogP contribution in [0.2, 0.25) is 10.0 Å². The second kappa shape index (κ2) is 7.35. The third kappa shape index (κ3) is 4.05. The van der Waals surface area contributed by atoms with Crippen molar-refractivity contribution in [2.75, 3.05) is 19.7 Å². The van der Waals surface area contributed by atoms with Gasteiger partial charge in [-0.25, -0.2) is 0 Å². The Balaban J connectivity index is 1.68. The number of ether oxygens (including phenoxy) is 1. The van der Waals surface area contributed by atoms with E-state index in [2.05, 4.69) is 0 Å². The third-order valence-electron chi connectivity index (χ3n) is 3.93. The van der Waals surface area contributed by atoms with Crippen LogP contribution in [0.25, 0.3) is 0 Å². The first-order chi connectivity index (χ1) is 11.1. The van der Waals surface area contributed by atoms with Gasteiger partial charge in [0, 0.05) is 6.54 Å². The van der Waals surface area contributed by atoms with Crippen molar-refractivity contribution in [3.8, 4) is 0 Å². The topological polar surface area (TPSA) is 29.5 Å². The predicted molar refractivity (Wildman–Crippen MR) is 91.9 cm³/mol. The zero-order valence-corrected chi connectivity index (χ0v) is 14.1. The minimum absolute atomic E-state index is 0.115. The number of morpholine rings is 1. The van der Waals surface area contributed by atoms with E-state index in [0.29, 0.717) is 36.2 Å². The molecule has 1 unspecified atom stereocenters. The lowest BCUT2D eigenvalue weighted by Crippen LogP contribution is -2.43. The molecule has 0 radical (unpaired) electrons. The van der Waals surface area contributed by atoms with Crippen molar-refractivity contribution >= 4 is 29.1 Å². The monoisotopic (exact) mass is 349 g/mol. The first kappa shape index (κ1) is 16.3. The van der Waals surface area contributed by atoms with Gasteiger partial charge in [0.1, 0.15) is 6.10 Å². The molecule has 5 heteroatoms. The molecule has 1 amide bonds. The smallest absolute Gasteiger partial charge is 0.227 e. The molecule has 1 aliphatic heterocycles. The number of amides is 1. The average molecular weight is 350 g/mol. The molecule has 1 atom stereocenters. The van der Waals surface area contributed by atoms with Crippen molar-refractivity contribution in [3.63, 3.8) is 0 Å². The van der Waals surface area contributed by atoms with Gasteiger partial charge in [-0.05, 0) is 23.3 Å². The molecule has 3 rings (SSSR count). The normalized spacial score (nSPS) is 18.0. The lowest BCUT2D eigenvalue weighted by Gasteiger charge is -2.33. The number of nitrogens with zero attached hydrogens (tertiary/aromatic N) is 1. The number of rotatable bonds is 3. The summed E-state index contributed by atoms with van der Waals surface area (Å²) in [6, 6.07) is 15.2. The van der Waals surface area contributed by atoms with Gasteiger partial charge in [-0.1, -0.05) is 59.6 Å². The van der Waals surface area contributed by atoms with Crippen LogP contribution < -0.4 is 0 Å². The maximum Gasteiger partial charge on any atom is 0.227 e. The molecular formula is C18H17Cl2NO2. The Hall–Kier alpha value is -1.55. The van der Waals surface area contributed by atoms with Crippen molar-refractivity contribution in [2.24, 2.45) is 0 Å². The Morgan fingerprint density at radius 3 is 2.65 bits per heavy atom. The molecule has 1 aliphatic rings. The molecule has 2 aromatic rings. The molecule has 0 bridgehead atoms. The molecule has 0 N–H and O–H groups in total. The van der Waals surface area contributed by atoms with Gasteiger partial charge in [-0.2, -0.15) is 0 Å². The summed E-state index contributed by atoms with van der Waals surface area (Å²) in [5.74, 6) is 0.115. The average Bonchev–Trinajstić information content (AvgIpc) is 2.58. The highest BCUT2D eigenvalue weighted by Crippen LogP contribution is 2.29. The second-order valence-corrected chi connectivity index (χ2v) is 6.35. The Labute approximate surface area is 145 Å². The molecule has 0 aliphatic carbocycles. The fourth-order valence-corrected chi connectivity index (χ4v) is 2.98. The van der Waals surface area contributed by atoms with Gasteiger partial charge in [0.2, 0.25) is 5.91 Å². The van der Waals surface area contributed by atoms with Crippen LogP contribution in [-0.2, 0) is 16.0 Å². The molecular weight excluding hydrogens is 333 g/mol. The van der Waals surface area contributed by atoms with Crippen LogP contribution in [0.4, 0.5) is 0 Å². The zero-order valence-electron chi connectivity index (χ0n) is 12.5. The number of hydrogen-bond donors (Lipinski definition) is 0. The number of halogens is 2. The van der Waals surface area contributed by atoms with Crippen LogP contribution in [0.1, 0.15) is 17.2 Å². The maximum absolute atomic E-state index is 12.5.